The van der Waals surface area contributed by atoms with Crippen LogP contribution in [-0.2, 0) is 14.3 Å². The van der Waals surface area contributed by atoms with Crippen molar-refractivity contribution in [1.82, 2.24) is 4.90 Å². The fraction of sp³-hybridized carbons (Fsp3) is 0.636. The molecular weight excluding hydrogens is 194 g/mol. The summed E-state index contributed by atoms with van der Waals surface area (Å²) in [7, 11) is 0. The Morgan fingerprint density at radius 3 is 2.53 bits per heavy atom. The Morgan fingerprint density at radius 1 is 1.53 bits per heavy atom. The first-order chi connectivity index (χ1) is 7.00. The minimum absolute atomic E-state index is 0.167. The van der Waals surface area contributed by atoms with Crippen molar-refractivity contribution in [3.63, 3.8) is 0 Å². The Labute approximate surface area is 88.9 Å². The molecule has 0 aliphatic carbocycles. The van der Waals surface area contributed by atoms with Gasteiger partial charge in [-0.3, -0.25) is 14.5 Å². The van der Waals surface area contributed by atoms with Gasteiger partial charge in [-0.25, -0.2) is 0 Å². The second kappa shape index (κ2) is 3.45. The van der Waals surface area contributed by atoms with Gasteiger partial charge < -0.3 is 4.74 Å². The molecule has 0 saturated carbocycles. The predicted octanol–water partition coefficient (Wildman–Crippen LogP) is 0.725. The van der Waals surface area contributed by atoms with Gasteiger partial charge in [0.2, 0.25) is 0 Å². The lowest BCUT2D eigenvalue weighted by Gasteiger charge is -2.18. The molecule has 2 aliphatic rings. The molecule has 0 aromatic heterocycles. The van der Waals surface area contributed by atoms with E-state index in [1.807, 2.05) is 13.8 Å². The zero-order chi connectivity index (χ0) is 11.2. The normalized spacial score (nSPS) is 31.9. The highest BCUT2D eigenvalue weighted by molar-refractivity contribution is 6.15. The number of hydrogen-bond donors (Lipinski definition) is 0. The molecule has 0 bridgehead atoms. The van der Waals surface area contributed by atoms with Gasteiger partial charge in [-0.05, 0) is 13.8 Å². The second-order valence-corrected chi connectivity index (χ2v) is 4.36. The Balaban J connectivity index is 1.96. The molecule has 82 valence electrons. The smallest absolute Gasteiger partial charge is 0.256 e. The van der Waals surface area contributed by atoms with E-state index < -0.39 is 0 Å². The fourth-order valence-corrected chi connectivity index (χ4v) is 2.00. The third kappa shape index (κ3) is 1.81. The average molecular weight is 209 g/mol. The number of imide groups is 1. The molecule has 4 heteroatoms. The summed E-state index contributed by atoms with van der Waals surface area (Å²) in [6.45, 7) is 6.13. The van der Waals surface area contributed by atoms with Crippen molar-refractivity contribution in [2.45, 2.75) is 33.0 Å². The van der Waals surface area contributed by atoms with Crippen molar-refractivity contribution in [3.05, 3.63) is 11.6 Å². The van der Waals surface area contributed by atoms with Crippen LogP contribution >= 0.6 is 0 Å². The molecule has 4 nitrogen and oxygen atoms in total. The number of carbonyl (C=O) groups excluding carboxylic acids is 2. The summed E-state index contributed by atoms with van der Waals surface area (Å²) in [5, 5.41) is 0. The van der Waals surface area contributed by atoms with Gasteiger partial charge in [0.1, 0.15) is 0 Å². The minimum Gasteiger partial charge on any atom is -0.370 e. The van der Waals surface area contributed by atoms with Crippen molar-refractivity contribution in [1.29, 1.82) is 0 Å². The number of epoxide rings is 1. The van der Waals surface area contributed by atoms with Crippen LogP contribution in [0.4, 0.5) is 0 Å². The molecule has 0 aromatic carbocycles. The molecule has 2 aliphatic heterocycles. The van der Waals surface area contributed by atoms with Crippen LogP contribution in [0.25, 0.3) is 0 Å². The molecule has 2 amide bonds. The molecular formula is C11H15NO3. The number of hydrogen-bond acceptors (Lipinski definition) is 3. The molecule has 0 spiro atoms. The zero-order valence-electron chi connectivity index (χ0n) is 9.19. The maximum Gasteiger partial charge on any atom is 0.256 e. The molecule has 2 rings (SSSR count). The van der Waals surface area contributed by atoms with E-state index in [0.717, 1.165) is 0 Å². The Bertz CT molecular complexity index is 348. The van der Waals surface area contributed by atoms with E-state index in [2.05, 4.69) is 0 Å². The van der Waals surface area contributed by atoms with Crippen LogP contribution in [0.2, 0.25) is 0 Å². The van der Waals surface area contributed by atoms with E-state index in [1.54, 1.807) is 6.92 Å². The van der Waals surface area contributed by atoms with Crippen LogP contribution in [0.15, 0.2) is 11.6 Å². The Hall–Kier alpha value is -1.16. The minimum atomic E-state index is -0.197. The SMILES string of the molecule is CC1=CC(=O)N(CC(C)C2OC2C)C1=O. The van der Waals surface area contributed by atoms with Crippen LogP contribution in [0.5, 0.6) is 0 Å². The molecule has 2 heterocycles. The third-order valence-corrected chi connectivity index (χ3v) is 2.98. The summed E-state index contributed by atoms with van der Waals surface area (Å²) in [4.78, 5) is 24.3. The van der Waals surface area contributed by atoms with E-state index in [4.69, 9.17) is 4.74 Å². The number of amides is 2. The largest absolute Gasteiger partial charge is 0.370 e. The van der Waals surface area contributed by atoms with Gasteiger partial charge in [0.25, 0.3) is 11.8 Å². The number of nitrogens with zero attached hydrogens (tertiary/aromatic N) is 1. The lowest BCUT2D eigenvalue weighted by Crippen LogP contribution is -2.36. The zero-order valence-corrected chi connectivity index (χ0v) is 9.19. The van der Waals surface area contributed by atoms with Gasteiger partial charge in [0.05, 0.1) is 12.2 Å². The predicted molar refractivity (Wildman–Crippen MR) is 54.0 cm³/mol. The fourth-order valence-electron chi connectivity index (χ4n) is 2.00. The molecule has 0 aromatic rings. The summed E-state index contributed by atoms with van der Waals surface area (Å²) >= 11 is 0. The van der Waals surface area contributed by atoms with Crippen LogP contribution in [0, 0.1) is 5.92 Å². The van der Waals surface area contributed by atoms with Crippen molar-refractivity contribution >= 4 is 11.8 Å². The third-order valence-electron chi connectivity index (χ3n) is 2.98. The monoisotopic (exact) mass is 209 g/mol. The summed E-state index contributed by atoms with van der Waals surface area (Å²) in [5.41, 5.74) is 0.525. The van der Waals surface area contributed by atoms with E-state index in [-0.39, 0.29) is 29.9 Å². The van der Waals surface area contributed by atoms with E-state index in [9.17, 15) is 9.59 Å². The summed E-state index contributed by atoms with van der Waals surface area (Å²) in [5.74, 6) is -0.148. The number of carbonyl (C=O) groups is 2. The van der Waals surface area contributed by atoms with Crippen LogP contribution in [0.3, 0.4) is 0 Å². The van der Waals surface area contributed by atoms with Crippen molar-refractivity contribution < 1.29 is 14.3 Å². The van der Waals surface area contributed by atoms with Crippen molar-refractivity contribution in [2.24, 2.45) is 5.92 Å². The topological polar surface area (TPSA) is 49.9 Å². The van der Waals surface area contributed by atoms with Gasteiger partial charge >= 0.3 is 0 Å². The highest BCUT2D eigenvalue weighted by Gasteiger charge is 2.41. The summed E-state index contributed by atoms with van der Waals surface area (Å²) in [6.07, 6.45) is 1.86. The van der Waals surface area contributed by atoms with Gasteiger partial charge in [-0.15, -0.1) is 0 Å². The number of ether oxygens (including phenoxy) is 1. The molecule has 0 N–H and O–H groups in total. The first-order valence-corrected chi connectivity index (χ1v) is 5.20. The average Bonchev–Trinajstić information content (AvgIpc) is 2.84. The lowest BCUT2D eigenvalue weighted by atomic mass is 10.1. The summed E-state index contributed by atoms with van der Waals surface area (Å²) < 4.78 is 5.32. The molecule has 3 unspecified atom stereocenters. The van der Waals surface area contributed by atoms with Crippen LogP contribution in [0.1, 0.15) is 20.8 Å². The molecule has 3 atom stereocenters. The van der Waals surface area contributed by atoms with Gasteiger partial charge in [-0.1, -0.05) is 6.92 Å². The molecule has 0 radical (unpaired) electrons. The van der Waals surface area contributed by atoms with Crippen LogP contribution in [-0.4, -0.2) is 35.5 Å². The van der Waals surface area contributed by atoms with Gasteiger partial charge in [0, 0.05) is 24.1 Å². The van der Waals surface area contributed by atoms with Crippen LogP contribution < -0.4 is 0 Å². The van der Waals surface area contributed by atoms with Crippen molar-refractivity contribution in [2.75, 3.05) is 6.54 Å². The maximum absolute atomic E-state index is 11.6. The van der Waals surface area contributed by atoms with Crippen molar-refractivity contribution in [3.8, 4) is 0 Å². The molecule has 1 fully saturated rings. The first kappa shape index (κ1) is 10.4. The Kier molecular flexibility index (Phi) is 2.38. The van der Waals surface area contributed by atoms with Gasteiger partial charge in [-0.2, -0.15) is 0 Å². The van der Waals surface area contributed by atoms with E-state index in [0.29, 0.717) is 12.1 Å². The lowest BCUT2D eigenvalue weighted by molar-refractivity contribution is -0.137. The maximum atomic E-state index is 11.6. The highest BCUT2D eigenvalue weighted by atomic mass is 16.6. The first-order valence-electron chi connectivity index (χ1n) is 5.20. The quantitative estimate of drug-likeness (QED) is 0.508. The van der Waals surface area contributed by atoms with Gasteiger partial charge in [0.15, 0.2) is 0 Å². The van der Waals surface area contributed by atoms with E-state index in [1.165, 1.54) is 11.0 Å². The number of rotatable bonds is 3. The summed E-state index contributed by atoms with van der Waals surface area (Å²) in [6, 6.07) is 0. The molecule has 15 heavy (non-hydrogen) atoms. The van der Waals surface area contributed by atoms with E-state index >= 15 is 0 Å². The second-order valence-electron chi connectivity index (χ2n) is 4.36. The highest BCUT2D eigenvalue weighted by Crippen LogP contribution is 2.30. The standard InChI is InChI=1S/C11H15NO3/c1-6-4-9(13)12(11(6)14)5-7(2)10-8(3)15-10/h4,7-8,10H,5H2,1-3H3. The Morgan fingerprint density at radius 2 is 2.13 bits per heavy atom. The molecule has 1 saturated heterocycles.